The number of pyridine rings is 1. The third-order valence-electron chi connectivity index (χ3n) is 1.90. The molecule has 1 heterocycles. The molecule has 0 spiro atoms. The average molecular weight is 262 g/mol. The van der Waals surface area contributed by atoms with Crippen molar-refractivity contribution in [3.8, 4) is 0 Å². The van der Waals surface area contributed by atoms with E-state index in [0.717, 1.165) is 0 Å². The van der Waals surface area contributed by atoms with Crippen LogP contribution in [-0.2, 0) is 9.05 Å². The first kappa shape index (κ1) is 10.7. The third kappa shape index (κ3) is 2.22. The second-order valence-corrected chi connectivity index (χ2v) is 5.95. The smallest absolute Gasteiger partial charge is 0.255 e. The van der Waals surface area contributed by atoms with Crippen LogP contribution in [0.1, 0.15) is 0 Å². The second-order valence-electron chi connectivity index (χ2n) is 2.95. The van der Waals surface area contributed by atoms with E-state index in [2.05, 4.69) is 4.98 Å². The highest BCUT2D eigenvalue weighted by atomic mass is 35.7. The number of fused-ring (bicyclic) bond motifs is 1. The Balaban J connectivity index is 2.75. The van der Waals surface area contributed by atoms with Crippen molar-refractivity contribution in [2.24, 2.45) is 0 Å². The minimum Gasteiger partial charge on any atom is -0.255 e. The Labute approximate surface area is 96.1 Å². The lowest BCUT2D eigenvalue weighted by molar-refractivity contribution is 0.609. The average Bonchev–Trinajstić information content (AvgIpc) is 2.15. The standard InChI is InChI=1S/C9H5Cl2NO2S/c10-7-1-2-9-6(3-7)4-8(5-12-9)15(11,13)14/h1-5H. The fourth-order valence-corrected chi connectivity index (χ4v) is 2.10. The van der Waals surface area contributed by atoms with Crippen molar-refractivity contribution < 1.29 is 8.42 Å². The molecular formula is C9H5Cl2NO2S. The molecule has 15 heavy (non-hydrogen) atoms. The van der Waals surface area contributed by atoms with E-state index in [1.54, 1.807) is 18.2 Å². The van der Waals surface area contributed by atoms with Gasteiger partial charge in [0, 0.05) is 27.3 Å². The molecule has 0 bridgehead atoms. The van der Waals surface area contributed by atoms with Gasteiger partial charge in [-0.1, -0.05) is 11.6 Å². The van der Waals surface area contributed by atoms with Crippen LogP contribution in [0.5, 0.6) is 0 Å². The Morgan fingerprint density at radius 3 is 2.60 bits per heavy atom. The lowest BCUT2D eigenvalue weighted by Gasteiger charge is -2.00. The molecule has 2 rings (SSSR count). The summed E-state index contributed by atoms with van der Waals surface area (Å²) in [5, 5.41) is 1.16. The van der Waals surface area contributed by atoms with Crippen LogP contribution < -0.4 is 0 Å². The van der Waals surface area contributed by atoms with Gasteiger partial charge in [0.2, 0.25) is 0 Å². The van der Waals surface area contributed by atoms with Crippen LogP contribution in [0.4, 0.5) is 0 Å². The molecule has 0 amide bonds. The number of halogens is 2. The van der Waals surface area contributed by atoms with E-state index in [4.69, 9.17) is 22.3 Å². The zero-order valence-corrected chi connectivity index (χ0v) is 9.64. The lowest BCUT2D eigenvalue weighted by atomic mass is 10.2. The van der Waals surface area contributed by atoms with Gasteiger partial charge < -0.3 is 0 Å². The van der Waals surface area contributed by atoms with E-state index in [0.29, 0.717) is 15.9 Å². The van der Waals surface area contributed by atoms with Gasteiger partial charge in [0.15, 0.2) is 0 Å². The maximum atomic E-state index is 11.1. The number of hydrogen-bond acceptors (Lipinski definition) is 3. The van der Waals surface area contributed by atoms with Gasteiger partial charge in [-0.05, 0) is 24.3 Å². The van der Waals surface area contributed by atoms with Crippen molar-refractivity contribution in [2.75, 3.05) is 0 Å². The monoisotopic (exact) mass is 261 g/mol. The van der Waals surface area contributed by atoms with E-state index in [1.807, 2.05) is 0 Å². The molecule has 0 aliphatic rings. The Hall–Kier alpha value is -0.840. The summed E-state index contributed by atoms with van der Waals surface area (Å²) >= 11 is 5.78. The molecule has 0 aliphatic heterocycles. The predicted octanol–water partition coefficient (Wildman–Crippen LogP) is 2.82. The molecule has 2 aromatic rings. The Kier molecular flexibility index (Phi) is 2.58. The summed E-state index contributed by atoms with van der Waals surface area (Å²) in [5.41, 5.74) is 0.670. The van der Waals surface area contributed by atoms with E-state index < -0.39 is 9.05 Å². The molecule has 0 saturated heterocycles. The van der Waals surface area contributed by atoms with E-state index >= 15 is 0 Å². The molecule has 3 nitrogen and oxygen atoms in total. The van der Waals surface area contributed by atoms with Crippen molar-refractivity contribution in [1.29, 1.82) is 0 Å². The summed E-state index contributed by atoms with van der Waals surface area (Å²) in [7, 11) is 1.46. The van der Waals surface area contributed by atoms with Gasteiger partial charge in [0.05, 0.1) is 5.52 Å². The molecule has 0 atom stereocenters. The molecule has 0 saturated carbocycles. The minimum atomic E-state index is -3.74. The summed E-state index contributed by atoms with van der Waals surface area (Å²) in [4.78, 5) is 3.94. The molecule has 78 valence electrons. The molecule has 0 aliphatic carbocycles. The Morgan fingerprint density at radius 2 is 1.93 bits per heavy atom. The number of rotatable bonds is 1. The van der Waals surface area contributed by atoms with Gasteiger partial charge in [-0.2, -0.15) is 0 Å². The Bertz CT molecular complexity index is 625. The number of benzene rings is 1. The molecular weight excluding hydrogens is 257 g/mol. The quantitative estimate of drug-likeness (QED) is 0.742. The van der Waals surface area contributed by atoms with Gasteiger partial charge in [-0.3, -0.25) is 4.98 Å². The highest BCUT2D eigenvalue weighted by molar-refractivity contribution is 8.13. The lowest BCUT2D eigenvalue weighted by Crippen LogP contribution is -1.91. The van der Waals surface area contributed by atoms with Crippen molar-refractivity contribution in [2.45, 2.75) is 4.90 Å². The van der Waals surface area contributed by atoms with Gasteiger partial charge in [-0.25, -0.2) is 8.42 Å². The zero-order chi connectivity index (χ0) is 11.1. The maximum absolute atomic E-state index is 11.1. The number of hydrogen-bond donors (Lipinski definition) is 0. The highest BCUT2D eigenvalue weighted by Crippen LogP contribution is 2.22. The molecule has 1 aromatic heterocycles. The predicted molar refractivity (Wildman–Crippen MR) is 59.8 cm³/mol. The van der Waals surface area contributed by atoms with Crippen molar-refractivity contribution in [3.63, 3.8) is 0 Å². The van der Waals surface area contributed by atoms with Gasteiger partial charge in [0.25, 0.3) is 9.05 Å². The van der Waals surface area contributed by atoms with Crippen LogP contribution in [0, 0.1) is 0 Å². The van der Waals surface area contributed by atoms with Crippen LogP contribution >= 0.6 is 22.3 Å². The maximum Gasteiger partial charge on any atom is 0.262 e. The van der Waals surface area contributed by atoms with Crippen molar-refractivity contribution in [3.05, 3.63) is 35.5 Å². The van der Waals surface area contributed by atoms with Crippen molar-refractivity contribution in [1.82, 2.24) is 4.98 Å². The van der Waals surface area contributed by atoms with Crippen molar-refractivity contribution >= 4 is 42.2 Å². The van der Waals surface area contributed by atoms with E-state index in [1.165, 1.54) is 12.3 Å². The fraction of sp³-hybridized carbons (Fsp3) is 0. The number of nitrogens with zero attached hydrogens (tertiary/aromatic N) is 1. The van der Waals surface area contributed by atoms with Crippen LogP contribution in [0.2, 0.25) is 5.02 Å². The molecule has 0 unspecified atom stereocenters. The topological polar surface area (TPSA) is 47.0 Å². The normalized spacial score (nSPS) is 11.9. The molecule has 0 fully saturated rings. The first-order chi connectivity index (χ1) is 6.97. The minimum absolute atomic E-state index is 0.0288. The van der Waals surface area contributed by atoms with Crippen LogP contribution in [0.25, 0.3) is 10.9 Å². The van der Waals surface area contributed by atoms with Crippen LogP contribution in [-0.4, -0.2) is 13.4 Å². The van der Waals surface area contributed by atoms with E-state index in [-0.39, 0.29) is 4.90 Å². The molecule has 0 N–H and O–H groups in total. The Morgan fingerprint density at radius 1 is 1.20 bits per heavy atom. The summed E-state index contributed by atoms with van der Waals surface area (Å²) in [6, 6.07) is 6.47. The van der Waals surface area contributed by atoms with Crippen LogP contribution in [0.15, 0.2) is 35.4 Å². The molecule has 0 radical (unpaired) electrons. The SMILES string of the molecule is O=S(=O)(Cl)c1cnc2ccc(Cl)cc2c1. The van der Waals surface area contributed by atoms with Gasteiger partial charge in [0.1, 0.15) is 4.90 Å². The second kappa shape index (κ2) is 3.63. The largest absolute Gasteiger partial charge is 0.262 e. The first-order valence-electron chi connectivity index (χ1n) is 3.97. The zero-order valence-electron chi connectivity index (χ0n) is 7.31. The summed E-state index contributed by atoms with van der Waals surface area (Å²) < 4.78 is 22.1. The van der Waals surface area contributed by atoms with E-state index in [9.17, 15) is 8.42 Å². The molecule has 1 aromatic carbocycles. The fourth-order valence-electron chi connectivity index (χ4n) is 1.22. The first-order valence-corrected chi connectivity index (χ1v) is 6.65. The van der Waals surface area contributed by atoms with Crippen LogP contribution in [0.3, 0.4) is 0 Å². The number of aromatic nitrogens is 1. The van der Waals surface area contributed by atoms with Gasteiger partial charge in [-0.15, -0.1) is 0 Å². The highest BCUT2D eigenvalue weighted by Gasteiger charge is 2.10. The third-order valence-corrected chi connectivity index (χ3v) is 3.46. The molecule has 6 heteroatoms. The summed E-state index contributed by atoms with van der Waals surface area (Å²) in [6.07, 6.45) is 1.22. The summed E-state index contributed by atoms with van der Waals surface area (Å²) in [6.45, 7) is 0. The summed E-state index contributed by atoms with van der Waals surface area (Å²) in [5.74, 6) is 0. The van der Waals surface area contributed by atoms with Gasteiger partial charge >= 0.3 is 0 Å².